The smallest absolute Gasteiger partial charge is 0.408 e. The molecule has 10 nitrogen and oxygen atoms in total. The van der Waals surface area contributed by atoms with E-state index in [0.29, 0.717) is 0 Å². The van der Waals surface area contributed by atoms with Gasteiger partial charge in [0.15, 0.2) is 5.54 Å². The molecule has 168 valence electrons. The number of nitrogens with one attached hydrogen (secondary N) is 1. The number of hydrogen-bond acceptors (Lipinski definition) is 7. The molecule has 0 aromatic heterocycles. The van der Waals surface area contributed by atoms with Crippen molar-refractivity contribution in [1.82, 2.24) is 15.3 Å². The maximum absolute atomic E-state index is 13.2. The van der Waals surface area contributed by atoms with Gasteiger partial charge in [-0.25, -0.2) is 14.6 Å². The van der Waals surface area contributed by atoms with Gasteiger partial charge in [0.05, 0.1) is 0 Å². The van der Waals surface area contributed by atoms with Crippen LogP contribution in [0, 0.1) is 11.3 Å². The first-order valence-corrected chi connectivity index (χ1v) is 9.76. The number of aliphatic carboxylic acids is 1. The van der Waals surface area contributed by atoms with Crippen LogP contribution in [0.2, 0.25) is 0 Å². The highest BCUT2D eigenvalue weighted by atomic mass is 16.6. The molecule has 30 heavy (non-hydrogen) atoms. The Labute approximate surface area is 176 Å². The van der Waals surface area contributed by atoms with Crippen molar-refractivity contribution in [3.8, 4) is 0 Å². The maximum Gasteiger partial charge on any atom is 0.408 e. The Bertz CT molecular complexity index is 752. The minimum absolute atomic E-state index is 0.0222. The van der Waals surface area contributed by atoms with Gasteiger partial charge < -0.3 is 19.9 Å². The van der Waals surface area contributed by atoms with Crippen LogP contribution in [-0.2, 0) is 23.9 Å². The molecule has 0 aromatic carbocycles. The van der Waals surface area contributed by atoms with E-state index in [1.807, 2.05) is 0 Å². The first-order chi connectivity index (χ1) is 13.7. The molecular weight excluding hydrogens is 394 g/mol. The predicted octanol–water partition coefficient (Wildman–Crippen LogP) is 1.17. The van der Waals surface area contributed by atoms with Gasteiger partial charge in [0.2, 0.25) is 0 Å². The van der Waals surface area contributed by atoms with Crippen LogP contribution in [0.5, 0.6) is 0 Å². The van der Waals surface area contributed by atoms with Crippen molar-refractivity contribution in [2.45, 2.75) is 58.7 Å². The van der Waals surface area contributed by atoms with E-state index in [0.717, 1.165) is 5.01 Å². The molecule has 0 saturated carbocycles. The lowest BCUT2D eigenvalue weighted by Crippen LogP contribution is -2.66. The van der Waals surface area contributed by atoms with Gasteiger partial charge in [-0.15, -0.1) is 0 Å². The van der Waals surface area contributed by atoms with E-state index >= 15 is 0 Å². The third-order valence-corrected chi connectivity index (χ3v) is 5.20. The number of rotatable bonds is 5. The van der Waals surface area contributed by atoms with Crippen LogP contribution in [0.1, 0.15) is 41.5 Å². The van der Waals surface area contributed by atoms with Crippen LogP contribution in [0.25, 0.3) is 0 Å². The minimum Gasteiger partial charge on any atom is -0.479 e. The number of fused-ring (bicyclic) bond motifs is 1. The number of carboxylic acids is 1. The summed E-state index contributed by atoms with van der Waals surface area (Å²) in [5, 5.41) is 15.4. The molecule has 0 aromatic rings. The van der Waals surface area contributed by atoms with E-state index in [9.17, 15) is 24.3 Å². The highest BCUT2D eigenvalue weighted by Gasteiger charge is 2.71. The maximum atomic E-state index is 13.2. The molecule has 0 aliphatic carbocycles. The Balaban J connectivity index is 2.39. The summed E-state index contributed by atoms with van der Waals surface area (Å²) in [5.41, 5.74) is -3.66. The van der Waals surface area contributed by atoms with Gasteiger partial charge in [0, 0.05) is 13.1 Å². The number of nitrogens with zero attached hydrogens (tertiary/aromatic N) is 2. The predicted molar refractivity (Wildman–Crippen MR) is 106 cm³/mol. The molecular formula is C20H31N3O7. The van der Waals surface area contributed by atoms with Crippen LogP contribution >= 0.6 is 0 Å². The topological polar surface area (TPSA) is 125 Å². The lowest BCUT2D eigenvalue weighted by Gasteiger charge is -2.45. The number of carbonyl (C=O) groups excluding carboxylic acids is 3. The quantitative estimate of drug-likeness (QED) is 0.497. The number of carboxylic acid groups (broad SMARTS) is 1. The van der Waals surface area contributed by atoms with Gasteiger partial charge in [-0.3, -0.25) is 14.6 Å². The zero-order chi connectivity index (χ0) is 23.1. The Kier molecular flexibility index (Phi) is 6.23. The Morgan fingerprint density at radius 3 is 2.30 bits per heavy atom. The van der Waals surface area contributed by atoms with E-state index in [1.54, 1.807) is 41.5 Å². The molecule has 2 amide bonds. The molecule has 10 heteroatoms. The number of hydrogen-bond donors (Lipinski definition) is 2. The number of carbonyl (C=O) groups is 4. The van der Waals surface area contributed by atoms with Crippen LogP contribution in [0.15, 0.2) is 12.7 Å². The summed E-state index contributed by atoms with van der Waals surface area (Å²) in [6.45, 7) is 13.5. The van der Waals surface area contributed by atoms with E-state index in [2.05, 4.69) is 11.9 Å². The number of amides is 2. The SMILES string of the molecule is C=CCOC(=O)C1CN2C[C@H](NC(=O)OC(C)(C)C)C(=O)N2C1(C(=O)O)C(C)(C)C. The van der Waals surface area contributed by atoms with Crippen molar-refractivity contribution in [2.75, 3.05) is 19.7 Å². The molecule has 2 rings (SSSR count). The fraction of sp³-hybridized carbons (Fsp3) is 0.700. The third kappa shape index (κ3) is 4.00. The summed E-state index contributed by atoms with van der Waals surface area (Å²) >= 11 is 0. The lowest BCUT2D eigenvalue weighted by molar-refractivity contribution is -0.182. The first kappa shape index (κ1) is 23.7. The van der Waals surface area contributed by atoms with Gasteiger partial charge in [0.25, 0.3) is 5.91 Å². The zero-order valence-electron chi connectivity index (χ0n) is 18.4. The van der Waals surface area contributed by atoms with Crippen molar-refractivity contribution in [1.29, 1.82) is 0 Å². The standard InChI is InChI=1S/C20H31N3O7/c1-8-9-29-15(25)12-10-22-11-13(21-17(28)30-19(5,6)7)14(24)23(22)20(12,16(26)27)18(2,3)4/h8,12-13H,1,9-11H2,2-7H3,(H,21,28)(H,26,27)/t12?,13-,20?/m0/s1. The molecule has 2 fully saturated rings. The van der Waals surface area contributed by atoms with Crippen molar-refractivity contribution >= 4 is 23.9 Å². The fourth-order valence-electron chi connectivity index (χ4n) is 4.15. The fourth-order valence-corrected chi connectivity index (χ4v) is 4.15. The summed E-state index contributed by atoms with van der Waals surface area (Å²) in [6, 6.07) is -0.994. The van der Waals surface area contributed by atoms with Crippen LogP contribution < -0.4 is 5.32 Å². The van der Waals surface area contributed by atoms with Crippen LogP contribution in [0.3, 0.4) is 0 Å². The summed E-state index contributed by atoms with van der Waals surface area (Å²) in [7, 11) is 0. The molecule has 2 aliphatic rings. The van der Waals surface area contributed by atoms with E-state index < -0.39 is 52.5 Å². The molecule has 2 N–H and O–H groups in total. The van der Waals surface area contributed by atoms with Crippen molar-refractivity contribution in [2.24, 2.45) is 11.3 Å². The normalized spacial score (nSPS) is 26.9. The second-order valence-corrected chi connectivity index (χ2v) is 9.51. The van der Waals surface area contributed by atoms with Crippen LogP contribution in [0.4, 0.5) is 4.79 Å². The van der Waals surface area contributed by atoms with Crippen molar-refractivity contribution < 1.29 is 33.8 Å². The van der Waals surface area contributed by atoms with E-state index in [4.69, 9.17) is 9.47 Å². The molecule has 0 spiro atoms. The minimum atomic E-state index is -1.88. The second-order valence-electron chi connectivity index (χ2n) is 9.51. The summed E-state index contributed by atoms with van der Waals surface area (Å²) < 4.78 is 10.3. The Morgan fingerprint density at radius 1 is 1.23 bits per heavy atom. The average molecular weight is 425 g/mol. The van der Waals surface area contributed by atoms with Gasteiger partial charge in [-0.2, -0.15) is 0 Å². The second kappa shape index (κ2) is 7.90. The Hall–Kier alpha value is -2.62. The summed E-state index contributed by atoms with van der Waals surface area (Å²) in [4.78, 5) is 50.7. The Morgan fingerprint density at radius 2 is 1.83 bits per heavy atom. The molecule has 0 bridgehead atoms. The molecule has 2 aliphatic heterocycles. The summed E-state index contributed by atoms with van der Waals surface area (Å²) in [5.74, 6) is -3.76. The van der Waals surface area contributed by atoms with Gasteiger partial charge in [-0.05, 0) is 26.2 Å². The van der Waals surface area contributed by atoms with Crippen molar-refractivity contribution in [3.63, 3.8) is 0 Å². The number of esters is 1. The highest BCUT2D eigenvalue weighted by Crippen LogP contribution is 2.49. The van der Waals surface area contributed by atoms with E-state index in [-0.39, 0.29) is 19.7 Å². The number of hydrazine groups is 1. The van der Waals surface area contributed by atoms with E-state index in [1.165, 1.54) is 11.1 Å². The van der Waals surface area contributed by atoms with Gasteiger partial charge >= 0.3 is 18.0 Å². The van der Waals surface area contributed by atoms with Crippen molar-refractivity contribution in [3.05, 3.63) is 12.7 Å². The van der Waals surface area contributed by atoms with Gasteiger partial charge in [0.1, 0.15) is 24.2 Å². The number of alkyl carbamates (subject to hydrolysis) is 1. The largest absolute Gasteiger partial charge is 0.479 e. The molecule has 2 heterocycles. The van der Waals surface area contributed by atoms with Gasteiger partial charge in [-0.1, -0.05) is 33.4 Å². The first-order valence-electron chi connectivity index (χ1n) is 9.76. The molecule has 3 atom stereocenters. The zero-order valence-corrected chi connectivity index (χ0v) is 18.4. The third-order valence-electron chi connectivity index (χ3n) is 5.20. The van der Waals surface area contributed by atoms with Crippen LogP contribution in [-0.4, -0.2) is 75.9 Å². The monoisotopic (exact) mass is 425 g/mol. The average Bonchev–Trinajstić information content (AvgIpc) is 3.06. The molecule has 0 radical (unpaired) electrons. The lowest BCUT2D eigenvalue weighted by atomic mass is 9.66. The summed E-state index contributed by atoms with van der Waals surface area (Å²) in [6.07, 6.45) is 0.613. The highest BCUT2D eigenvalue weighted by molar-refractivity contribution is 5.97. The number of ether oxygens (including phenoxy) is 2. The molecule has 2 saturated heterocycles. The molecule has 2 unspecified atom stereocenters.